The van der Waals surface area contributed by atoms with Gasteiger partial charge in [-0.05, 0) is 31.0 Å². The maximum Gasteiger partial charge on any atom is 0.410 e. The number of piperidine rings is 1. The standard InChI is InChI=1S/C23H23ClFN5O5/c24-16-5-13(6-26)1-2-17(16)29-20-18(25)21(28-12-27-20)34-19-14-7-30(8-15(19)10-33-9-14)22(32)35-23(11-31)3-4-23/h1-2,5,12,14-15,19,31H,3-4,7-11H2,(H,27,28,29). The Balaban J connectivity index is 1.29. The highest BCUT2D eigenvalue weighted by atomic mass is 35.5. The Hall–Kier alpha value is -3.20. The van der Waals surface area contributed by atoms with Crippen molar-refractivity contribution in [2.75, 3.05) is 38.2 Å². The van der Waals surface area contributed by atoms with Crippen molar-refractivity contribution in [3.63, 3.8) is 0 Å². The van der Waals surface area contributed by atoms with E-state index in [1.54, 1.807) is 17.0 Å². The third kappa shape index (κ3) is 4.82. The molecule has 1 aromatic carbocycles. The third-order valence-corrected chi connectivity index (χ3v) is 6.83. The van der Waals surface area contributed by atoms with Crippen molar-refractivity contribution in [1.29, 1.82) is 5.26 Å². The first-order valence-corrected chi connectivity index (χ1v) is 11.6. The maximum atomic E-state index is 15.3. The average Bonchev–Trinajstić information content (AvgIpc) is 3.62. The summed E-state index contributed by atoms with van der Waals surface area (Å²) in [5, 5.41) is 21.5. The Morgan fingerprint density at radius 1 is 1.34 bits per heavy atom. The number of anilines is 2. The Morgan fingerprint density at radius 3 is 2.71 bits per heavy atom. The number of amides is 1. The smallest absolute Gasteiger partial charge is 0.410 e. The summed E-state index contributed by atoms with van der Waals surface area (Å²) in [5.74, 6) is -1.55. The fourth-order valence-corrected chi connectivity index (χ4v) is 4.62. The van der Waals surface area contributed by atoms with Gasteiger partial charge in [-0.3, -0.25) is 0 Å². The fourth-order valence-electron chi connectivity index (χ4n) is 4.39. The Kier molecular flexibility index (Phi) is 6.35. The van der Waals surface area contributed by atoms with Gasteiger partial charge in [0.1, 0.15) is 18.0 Å². The van der Waals surface area contributed by atoms with E-state index in [2.05, 4.69) is 15.3 Å². The molecule has 3 aliphatic rings. The van der Waals surface area contributed by atoms with Crippen molar-refractivity contribution in [2.45, 2.75) is 24.5 Å². The van der Waals surface area contributed by atoms with E-state index >= 15 is 4.39 Å². The van der Waals surface area contributed by atoms with Crippen LogP contribution in [0.4, 0.5) is 20.7 Å². The van der Waals surface area contributed by atoms with Crippen LogP contribution in [0.15, 0.2) is 24.5 Å². The van der Waals surface area contributed by atoms with E-state index in [9.17, 15) is 9.90 Å². The van der Waals surface area contributed by atoms with E-state index in [1.807, 2.05) is 6.07 Å². The molecule has 0 radical (unpaired) electrons. The number of benzene rings is 1. The summed E-state index contributed by atoms with van der Waals surface area (Å²) in [5.41, 5.74) is 0.00412. The molecule has 2 unspecified atom stereocenters. The van der Waals surface area contributed by atoms with Gasteiger partial charge in [0.25, 0.3) is 5.88 Å². The molecule has 1 aromatic heterocycles. The van der Waals surface area contributed by atoms with Crippen LogP contribution in [0.1, 0.15) is 18.4 Å². The van der Waals surface area contributed by atoms with Crippen LogP contribution in [0.2, 0.25) is 5.02 Å². The lowest BCUT2D eigenvalue weighted by Crippen LogP contribution is -2.59. The molecule has 3 heterocycles. The van der Waals surface area contributed by atoms with E-state index < -0.39 is 23.6 Å². The number of hydrogen-bond acceptors (Lipinski definition) is 9. The lowest BCUT2D eigenvalue weighted by molar-refractivity contribution is -0.113. The molecule has 1 amide bonds. The summed E-state index contributed by atoms with van der Waals surface area (Å²) in [6.45, 7) is 1.13. The van der Waals surface area contributed by atoms with Crippen molar-refractivity contribution < 1.29 is 28.5 Å². The molecule has 1 aliphatic carbocycles. The zero-order chi connectivity index (χ0) is 24.6. The highest BCUT2D eigenvalue weighted by Gasteiger charge is 2.49. The largest absolute Gasteiger partial charge is 0.471 e. The van der Waals surface area contributed by atoms with Crippen molar-refractivity contribution in [3.05, 3.63) is 40.9 Å². The highest BCUT2D eigenvalue weighted by molar-refractivity contribution is 6.33. The molecule has 3 fully saturated rings. The van der Waals surface area contributed by atoms with Crippen LogP contribution in [-0.2, 0) is 9.47 Å². The SMILES string of the molecule is N#Cc1ccc(Nc2ncnc(OC3C4COCC3CN(C(=O)OC3(CO)CC3)C4)c2F)c(Cl)c1. The summed E-state index contributed by atoms with van der Waals surface area (Å²) in [4.78, 5) is 22.2. The van der Waals surface area contributed by atoms with Gasteiger partial charge in [-0.2, -0.15) is 14.6 Å². The molecular weight excluding hydrogens is 481 g/mol. The van der Waals surface area contributed by atoms with E-state index in [-0.39, 0.29) is 35.2 Å². The van der Waals surface area contributed by atoms with Crippen LogP contribution in [0.25, 0.3) is 0 Å². The molecule has 5 rings (SSSR count). The summed E-state index contributed by atoms with van der Waals surface area (Å²) < 4.78 is 32.4. The number of aromatic nitrogens is 2. The summed E-state index contributed by atoms with van der Waals surface area (Å²) in [7, 11) is 0. The van der Waals surface area contributed by atoms with Crippen molar-refractivity contribution >= 4 is 29.2 Å². The number of nitriles is 1. The molecule has 2 bridgehead atoms. The molecule has 2 atom stereocenters. The van der Waals surface area contributed by atoms with E-state index in [1.165, 1.54) is 12.4 Å². The number of carbonyl (C=O) groups excluding carboxylic acids is 1. The minimum absolute atomic E-state index is 0.122. The molecule has 12 heteroatoms. The Bertz CT molecular complexity index is 1160. The van der Waals surface area contributed by atoms with Gasteiger partial charge in [0.15, 0.2) is 5.82 Å². The first kappa shape index (κ1) is 23.5. The number of hydrogen-bond donors (Lipinski definition) is 2. The van der Waals surface area contributed by atoms with Gasteiger partial charge >= 0.3 is 6.09 Å². The molecule has 1 saturated carbocycles. The van der Waals surface area contributed by atoms with Crippen LogP contribution in [0.3, 0.4) is 0 Å². The molecule has 35 heavy (non-hydrogen) atoms. The first-order chi connectivity index (χ1) is 16.9. The Morgan fingerprint density at radius 2 is 2.09 bits per heavy atom. The summed E-state index contributed by atoms with van der Waals surface area (Å²) >= 11 is 6.18. The number of likely N-dealkylation sites (tertiary alicyclic amines) is 1. The second-order valence-corrected chi connectivity index (χ2v) is 9.43. The van der Waals surface area contributed by atoms with Gasteiger partial charge in [-0.15, -0.1) is 0 Å². The van der Waals surface area contributed by atoms with Gasteiger partial charge in [-0.1, -0.05) is 11.6 Å². The molecule has 0 spiro atoms. The van der Waals surface area contributed by atoms with Crippen LogP contribution in [0, 0.1) is 29.0 Å². The number of fused-ring (bicyclic) bond motifs is 2. The van der Waals surface area contributed by atoms with Crippen molar-refractivity contribution in [1.82, 2.24) is 14.9 Å². The minimum Gasteiger partial charge on any atom is -0.471 e. The van der Waals surface area contributed by atoms with Crippen molar-refractivity contribution in [3.8, 4) is 11.9 Å². The highest BCUT2D eigenvalue weighted by Crippen LogP contribution is 2.40. The molecule has 2 N–H and O–H groups in total. The zero-order valence-electron chi connectivity index (χ0n) is 18.6. The minimum atomic E-state index is -0.785. The van der Waals surface area contributed by atoms with Crippen molar-refractivity contribution in [2.24, 2.45) is 11.8 Å². The topological polar surface area (TPSA) is 130 Å². The molecule has 2 aliphatic heterocycles. The lowest BCUT2D eigenvalue weighted by Gasteiger charge is -2.46. The van der Waals surface area contributed by atoms with E-state index in [4.69, 9.17) is 31.1 Å². The fraction of sp³-hybridized carbons (Fsp3) is 0.478. The first-order valence-electron chi connectivity index (χ1n) is 11.2. The van der Waals surface area contributed by atoms with Gasteiger partial charge < -0.3 is 29.5 Å². The predicted octanol–water partition coefficient (Wildman–Crippen LogP) is 2.87. The lowest BCUT2D eigenvalue weighted by atomic mass is 9.84. The monoisotopic (exact) mass is 503 g/mol. The number of aliphatic hydroxyl groups is 1. The molecule has 184 valence electrons. The van der Waals surface area contributed by atoms with Crippen LogP contribution in [0.5, 0.6) is 5.88 Å². The van der Waals surface area contributed by atoms with Crippen LogP contribution < -0.4 is 10.1 Å². The number of ether oxygens (including phenoxy) is 3. The number of halogens is 2. The zero-order valence-corrected chi connectivity index (χ0v) is 19.4. The van der Waals surface area contributed by atoms with Gasteiger partial charge in [0.2, 0.25) is 5.82 Å². The molecule has 2 aromatic rings. The number of carbonyl (C=O) groups is 1. The molecule has 2 saturated heterocycles. The van der Waals surface area contributed by atoms with Crippen LogP contribution in [-0.4, -0.2) is 70.7 Å². The van der Waals surface area contributed by atoms with E-state index in [0.29, 0.717) is 50.4 Å². The molecule has 10 nitrogen and oxygen atoms in total. The number of rotatable bonds is 6. The number of aliphatic hydroxyl groups excluding tert-OH is 1. The third-order valence-electron chi connectivity index (χ3n) is 6.52. The quantitative estimate of drug-likeness (QED) is 0.611. The van der Waals surface area contributed by atoms with Gasteiger partial charge in [0.05, 0.1) is 42.2 Å². The van der Waals surface area contributed by atoms with Gasteiger partial charge in [0, 0.05) is 24.9 Å². The predicted molar refractivity (Wildman–Crippen MR) is 121 cm³/mol. The summed E-state index contributed by atoms with van der Waals surface area (Å²) in [6, 6.07) is 6.56. The van der Waals surface area contributed by atoms with E-state index in [0.717, 1.165) is 0 Å². The van der Waals surface area contributed by atoms with Gasteiger partial charge in [-0.25, -0.2) is 9.78 Å². The number of nitrogens with one attached hydrogen (secondary N) is 1. The Labute approximate surface area is 205 Å². The summed E-state index contributed by atoms with van der Waals surface area (Å²) in [6.07, 6.45) is 1.60. The number of nitrogens with zero attached hydrogens (tertiary/aromatic N) is 4. The van der Waals surface area contributed by atoms with Crippen LogP contribution >= 0.6 is 11.6 Å². The maximum absolute atomic E-state index is 15.3. The second kappa shape index (κ2) is 9.45. The second-order valence-electron chi connectivity index (χ2n) is 9.03. The average molecular weight is 504 g/mol. The normalized spacial score (nSPS) is 24.3. The molecular formula is C23H23ClFN5O5.